The Morgan fingerprint density at radius 1 is 1.03 bits per heavy atom. The number of hydrogen-bond acceptors (Lipinski definition) is 5. The maximum Gasteiger partial charge on any atom is 0.289 e. The molecule has 0 spiro atoms. The molecule has 2 N–H and O–H groups in total. The highest BCUT2D eigenvalue weighted by Crippen LogP contribution is 2.32. The maximum absolute atomic E-state index is 12.4. The van der Waals surface area contributed by atoms with E-state index in [-0.39, 0.29) is 5.91 Å². The first kappa shape index (κ1) is 21.8. The van der Waals surface area contributed by atoms with Gasteiger partial charge in [0.1, 0.15) is 12.3 Å². The number of aryl methyl sites for hydroxylation is 1. The minimum atomic E-state index is -0.383. The van der Waals surface area contributed by atoms with Gasteiger partial charge in [-0.05, 0) is 42.3 Å². The lowest BCUT2D eigenvalue weighted by atomic mass is 10.1. The minimum absolute atomic E-state index is 0.300. The predicted molar refractivity (Wildman–Crippen MR) is 128 cm³/mol. The molecule has 7 nitrogen and oxygen atoms in total. The summed E-state index contributed by atoms with van der Waals surface area (Å²) in [4.78, 5) is 12.4. The summed E-state index contributed by atoms with van der Waals surface area (Å²) >= 11 is 0. The molecule has 0 aliphatic carbocycles. The van der Waals surface area contributed by atoms with Gasteiger partial charge in [0.25, 0.3) is 5.91 Å². The summed E-state index contributed by atoms with van der Waals surface area (Å²) in [5.74, 6) is 0.831. The zero-order valence-electron chi connectivity index (χ0n) is 18.4. The molecule has 33 heavy (non-hydrogen) atoms. The van der Waals surface area contributed by atoms with Gasteiger partial charge in [0, 0.05) is 5.56 Å². The van der Waals surface area contributed by atoms with Crippen LogP contribution in [0, 0.1) is 6.92 Å². The number of H-pyrrole nitrogens is 1. The van der Waals surface area contributed by atoms with Crippen LogP contribution in [0.25, 0.3) is 11.3 Å². The number of ether oxygens (including phenoxy) is 2. The lowest BCUT2D eigenvalue weighted by molar-refractivity contribution is 0.0950. The molecule has 4 aromatic rings. The van der Waals surface area contributed by atoms with Gasteiger partial charge in [-0.1, -0.05) is 60.2 Å². The van der Waals surface area contributed by atoms with Crippen molar-refractivity contribution in [3.8, 4) is 22.8 Å². The molecule has 0 radical (unpaired) electrons. The van der Waals surface area contributed by atoms with Crippen molar-refractivity contribution >= 4 is 12.1 Å². The smallest absolute Gasteiger partial charge is 0.289 e. The molecule has 0 bridgehead atoms. The summed E-state index contributed by atoms with van der Waals surface area (Å²) in [6, 6.07) is 24.9. The van der Waals surface area contributed by atoms with Crippen LogP contribution in [-0.4, -0.2) is 29.4 Å². The number of nitrogens with zero attached hydrogens (tertiary/aromatic N) is 2. The van der Waals surface area contributed by atoms with Crippen LogP contribution >= 0.6 is 0 Å². The molecule has 0 aliphatic heterocycles. The summed E-state index contributed by atoms with van der Waals surface area (Å²) < 4.78 is 11.4. The fourth-order valence-electron chi connectivity index (χ4n) is 3.14. The normalized spacial score (nSPS) is 10.8. The van der Waals surface area contributed by atoms with Gasteiger partial charge >= 0.3 is 0 Å². The summed E-state index contributed by atoms with van der Waals surface area (Å²) in [5.41, 5.74) is 7.36. The van der Waals surface area contributed by atoms with Crippen LogP contribution in [0.2, 0.25) is 0 Å². The molecule has 0 unspecified atom stereocenters. The number of hydrazone groups is 1. The number of benzene rings is 3. The highest BCUT2D eigenvalue weighted by atomic mass is 16.5. The Hall–Kier alpha value is -4.39. The monoisotopic (exact) mass is 440 g/mol. The fraction of sp³-hybridized carbons (Fsp3) is 0.115. The fourth-order valence-corrected chi connectivity index (χ4v) is 3.14. The third kappa shape index (κ3) is 5.65. The van der Waals surface area contributed by atoms with Crippen molar-refractivity contribution in [1.82, 2.24) is 15.6 Å². The van der Waals surface area contributed by atoms with Crippen molar-refractivity contribution < 1.29 is 14.3 Å². The first-order valence-electron chi connectivity index (χ1n) is 10.4. The number of rotatable bonds is 8. The highest BCUT2D eigenvalue weighted by Gasteiger charge is 2.13. The van der Waals surface area contributed by atoms with E-state index in [0.29, 0.717) is 29.5 Å². The Morgan fingerprint density at radius 3 is 2.58 bits per heavy atom. The van der Waals surface area contributed by atoms with E-state index < -0.39 is 0 Å². The quantitative estimate of drug-likeness (QED) is 0.306. The number of amides is 1. The van der Waals surface area contributed by atoms with E-state index >= 15 is 0 Å². The average molecular weight is 441 g/mol. The van der Waals surface area contributed by atoms with Crippen LogP contribution in [0.15, 0.2) is 84.0 Å². The van der Waals surface area contributed by atoms with E-state index in [1.165, 1.54) is 5.56 Å². The summed E-state index contributed by atoms with van der Waals surface area (Å²) in [7, 11) is 1.59. The Balaban J connectivity index is 1.42. The lowest BCUT2D eigenvalue weighted by Gasteiger charge is -2.12. The summed E-state index contributed by atoms with van der Waals surface area (Å²) in [6.45, 7) is 2.49. The standard InChI is InChI=1S/C26H24N4O3/c1-18-8-10-20(11-9-18)17-33-24-13-12-21(14-25(24)32-2)22-15-23(29-28-22)26(31)30-27-16-19-6-4-3-5-7-19/h3-16H,17H2,1-2H3,(H,28,29)(H,30,31)/b27-16-. The van der Waals surface area contributed by atoms with Crippen LogP contribution in [0.1, 0.15) is 27.2 Å². The van der Waals surface area contributed by atoms with Crippen molar-refractivity contribution in [3.63, 3.8) is 0 Å². The molecule has 3 aromatic carbocycles. The van der Waals surface area contributed by atoms with Gasteiger partial charge in [-0.25, -0.2) is 5.43 Å². The van der Waals surface area contributed by atoms with Gasteiger partial charge < -0.3 is 9.47 Å². The van der Waals surface area contributed by atoms with Crippen LogP contribution < -0.4 is 14.9 Å². The van der Waals surface area contributed by atoms with Crippen LogP contribution in [0.4, 0.5) is 0 Å². The first-order chi connectivity index (χ1) is 16.1. The Kier molecular flexibility index (Phi) is 6.80. The second-order valence-corrected chi connectivity index (χ2v) is 7.42. The van der Waals surface area contributed by atoms with E-state index in [0.717, 1.165) is 16.7 Å². The predicted octanol–water partition coefficient (Wildman–Crippen LogP) is 4.74. The molecular formula is C26H24N4O3. The molecule has 0 atom stereocenters. The van der Waals surface area contributed by atoms with Crippen LogP contribution in [0.3, 0.4) is 0 Å². The number of aromatic amines is 1. The first-order valence-corrected chi connectivity index (χ1v) is 10.4. The molecule has 1 amide bonds. The molecule has 7 heteroatoms. The van der Waals surface area contributed by atoms with Gasteiger partial charge in [0.15, 0.2) is 11.5 Å². The topological polar surface area (TPSA) is 88.6 Å². The minimum Gasteiger partial charge on any atom is -0.493 e. The third-order valence-corrected chi connectivity index (χ3v) is 4.98. The molecule has 1 aromatic heterocycles. The van der Waals surface area contributed by atoms with E-state index in [4.69, 9.17) is 9.47 Å². The molecule has 0 saturated carbocycles. The Labute approximate surface area is 192 Å². The second-order valence-electron chi connectivity index (χ2n) is 7.42. The van der Waals surface area contributed by atoms with Gasteiger partial charge in [-0.2, -0.15) is 10.2 Å². The molecule has 0 fully saturated rings. The van der Waals surface area contributed by atoms with Gasteiger partial charge in [0.05, 0.1) is 19.0 Å². The van der Waals surface area contributed by atoms with Gasteiger partial charge in [-0.3, -0.25) is 9.89 Å². The average Bonchev–Trinajstić information content (AvgIpc) is 3.35. The van der Waals surface area contributed by atoms with Crippen molar-refractivity contribution in [1.29, 1.82) is 0 Å². The van der Waals surface area contributed by atoms with E-state index in [2.05, 4.69) is 39.8 Å². The van der Waals surface area contributed by atoms with E-state index in [1.54, 1.807) is 19.4 Å². The van der Waals surface area contributed by atoms with Crippen LogP contribution in [-0.2, 0) is 6.61 Å². The number of carbonyl (C=O) groups is 1. The SMILES string of the molecule is COc1cc(-c2cc(C(=O)N/N=C\c3ccccc3)[nH]n2)ccc1OCc1ccc(C)cc1. The zero-order valence-corrected chi connectivity index (χ0v) is 18.4. The molecular weight excluding hydrogens is 416 g/mol. The molecule has 0 aliphatic rings. The largest absolute Gasteiger partial charge is 0.493 e. The van der Waals surface area contributed by atoms with E-state index in [1.807, 2.05) is 60.7 Å². The number of nitrogens with one attached hydrogen (secondary N) is 2. The number of aromatic nitrogens is 2. The Bertz CT molecular complexity index is 1250. The van der Waals surface area contributed by atoms with Crippen molar-refractivity contribution in [2.24, 2.45) is 5.10 Å². The lowest BCUT2D eigenvalue weighted by Crippen LogP contribution is -2.17. The molecule has 4 rings (SSSR count). The van der Waals surface area contributed by atoms with Gasteiger partial charge in [0.2, 0.25) is 0 Å². The molecule has 166 valence electrons. The molecule has 0 saturated heterocycles. The van der Waals surface area contributed by atoms with Gasteiger partial charge in [-0.15, -0.1) is 0 Å². The highest BCUT2D eigenvalue weighted by molar-refractivity contribution is 5.94. The van der Waals surface area contributed by atoms with Crippen LogP contribution in [0.5, 0.6) is 11.5 Å². The Morgan fingerprint density at radius 2 is 1.82 bits per heavy atom. The maximum atomic E-state index is 12.4. The third-order valence-electron chi connectivity index (χ3n) is 4.98. The number of methoxy groups -OCH3 is 1. The van der Waals surface area contributed by atoms with Crippen molar-refractivity contribution in [2.45, 2.75) is 13.5 Å². The summed E-state index contributed by atoms with van der Waals surface area (Å²) in [6.07, 6.45) is 1.58. The van der Waals surface area contributed by atoms with Crippen molar-refractivity contribution in [2.75, 3.05) is 7.11 Å². The van der Waals surface area contributed by atoms with Crippen molar-refractivity contribution in [3.05, 3.63) is 101 Å². The summed E-state index contributed by atoms with van der Waals surface area (Å²) in [5, 5.41) is 11.0. The second kappa shape index (κ2) is 10.3. The number of carbonyl (C=O) groups excluding carboxylic acids is 1. The number of hydrogen-bond donors (Lipinski definition) is 2. The van der Waals surface area contributed by atoms with E-state index in [9.17, 15) is 4.79 Å². The molecule has 1 heterocycles. The zero-order chi connectivity index (χ0) is 23.0.